The Morgan fingerprint density at radius 1 is 1.06 bits per heavy atom. The number of thiophene rings is 1. The summed E-state index contributed by atoms with van der Waals surface area (Å²) in [6.07, 6.45) is 2.31. The maximum Gasteiger partial charge on any atom is 0.207 e. The zero-order valence-electron chi connectivity index (χ0n) is 21.4. The van der Waals surface area contributed by atoms with Gasteiger partial charge in [-0.05, 0) is 93.1 Å². The first-order valence-electron chi connectivity index (χ1n) is 12.7. The molecule has 1 N–H and O–H groups in total. The summed E-state index contributed by atoms with van der Waals surface area (Å²) in [4.78, 5) is 16.9. The van der Waals surface area contributed by atoms with Gasteiger partial charge in [0.05, 0.1) is 0 Å². The largest absolute Gasteiger partial charge is 0.508 e. The lowest BCUT2D eigenvalue weighted by atomic mass is 9.95. The van der Waals surface area contributed by atoms with Crippen LogP contribution in [0.5, 0.6) is 17.2 Å². The minimum Gasteiger partial charge on any atom is -0.508 e. The van der Waals surface area contributed by atoms with Gasteiger partial charge in [-0.25, -0.2) is 0 Å². The highest BCUT2D eigenvalue weighted by Gasteiger charge is 2.25. The van der Waals surface area contributed by atoms with Gasteiger partial charge in [0.2, 0.25) is 5.78 Å². The van der Waals surface area contributed by atoms with Crippen LogP contribution in [0, 0.1) is 26.7 Å². The molecule has 0 unspecified atom stereocenters. The minimum atomic E-state index is -0.0443. The second-order valence-electron chi connectivity index (χ2n) is 10.2. The van der Waals surface area contributed by atoms with Crippen molar-refractivity contribution in [1.29, 1.82) is 0 Å². The molecule has 5 heteroatoms. The summed E-state index contributed by atoms with van der Waals surface area (Å²) in [7, 11) is 0. The first-order valence-corrected chi connectivity index (χ1v) is 13.5. The van der Waals surface area contributed by atoms with Crippen LogP contribution in [0.15, 0.2) is 54.6 Å². The van der Waals surface area contributed by atoms with Gasteiger partial charge in [-0.1, -0.05) is 36.8 Å². The Morgan fingerprint density at radius 3 is 2.44 bits per heavy atom. The molecule has 1 fully saturated rings. The molecule has 0 amide bonds. The highest BCUT2D eigenvalue weighted by Crippen LogP contribution is 2.43. The number of carbonyl (C=O) groups is 1. The van der Waals surface area contributed by atoms with Crippen molar-refractivity contribution in [2.24, 2.45) is 5.92 Å². The Labute approximate surface area is 217 Å². The number of carbonyl (C=O) groups excluding carboxylic acids is 1. The van der Waals surface area contributed by atoms with E-state index < -0.39 is 0 Å². The van der Waals surface area contributed by atoms with Crippen LogP contribution in [0.3, 0.4) is 0 Å². The SMILES string of the molecule is Cc1cc(C)c(C(=O)c2sc3cc(O)ccc3c2Oc2ccc(CCN3CC[C@H](C)C3)cc2)c(C)c1. The number of phenols is 1. The van der Waals surface area contributed by atoms with Crippen LogP contribution < -0.4 is 4.74 Å². The van der Waals surface area contributed by atoms with E-state index in [1.807, 2.05) is 51.1 Å². The molecule has 0 saturated carbocycles. The van der Waals surface area contributed by atoms with Crippen LogP contribution in [0.25, 0.3) is 10.1 Å². The Hall–Kier alpha value is -3.15. The average molecular weight is 500 g/mol. The smallest absolute Gasteiger partial charge is 0.207 e. The molecule has 0 bridgehead atoms. The fourth-order valence-electron chi connectivity index (χ4n) is 5.32. The van der Waals surface area contributed by atoms with Gasteiger partial charge >= 0.3 is 0 Å². The van der Waals surface area contributed by atoms with E-state index in [2.05, 4.69) is 24.0 Å². The Morgan fingerprint density at radius 2 is 1.78 bits per heavy atom. The molecular weight excluding hydrogens is 466 g/mol. The second-order valence-corrected chi connectivity index (χ2v) is 11.3. The van der Waals surface area contributed by atoms with Crippen molar-refractivity contribution in [2.75, 3.05) is 19.6 Å². The third-order valence-electron chi connectivity index (χ3n) is 7.11. The van der Waals surface area contributed by atoms with Crippen LogP contribution >= 0.6 is 11.3 Å². The molecule has 0 spiro atoms. The Balaban J connectivity index is 1.44. The summed E-state index contributed by atoms with van der Waals surface area (Å²) < 4.78 is 7.22. The zero-order valence-corrected chi connectivity index (χ0v) is 22.2. The molecule has 1 aromatic heterocycles. The quantitative estimate of drug-likeness (QED) is 0.269. The third-order valence-corrected chi connectivity index (χ3v) is 8.24. The molecule has 3 aromatic carbocycles. The van der Waals surface area contributed by atoms with Gasteiger partial charge in [-0.15, -0.1) is 11.3 Å². The molecule has 0 aliphatic carbocycles. The predicted molar refractivity (Wildman–Crippen MR) is 148 cm³/mol. The molecule has 1 aliphatic rings. The number of nitrogens with zero attached hydrogens (tertiary/aromatic N) is 1. The molecule has 2 heterocycles. The monoisotopic (exact) mass is 499 g/mol. The van der Waals surface area contributed by atoms with Crippen molar-refractivity contribution in [1.82, 2.24) is 4.90 Å². The van der Waals surface area contributed by atoms with E-state index >= 15 is 0 Å². The fourth-order valence-corrected chi connectivity index (χ4v) is 6.43. The fraction of sp³-hybridized carbons (Fsp3) is 0.323. The first kappa shape index (κ1) is 24.5. The Bertz CT molecular complexity index is 1400. The number of hydrogen-bond acceptors (Lipinski definition) is 5. The van der Waals surface area contributed by atoms with Gasteiger partial charge in [0.1, 0.15) is 16.4 Å². The van der Waals surface area contributed by atoms with Gasteiger partial charge in [0.15, 0.2) is 5.75 Å². The van der Waals surface area contributed by atoms with Crippen LogP contribution in [-0.2, 0) is 6.42 Å². The van der Waals surface area contributed by atoms with E-state index in [9.17, 15) is 9.90 Å². The molecule has 1 aliphatic heterocycles. The summed E-state index contributed by atoms with van der Waals surface area (Å²) in [5, 5.41) is 10.9. The molecular formula is C31H33NO3S. The number of ether oxygens (including phenoxy) is 1. The number of likely N-dealkylation sites (tertiary alicyclic amines) is 1. The lowest BCUT2D eigenvalue weighted by Crippen LogP contribution is -2.22. The van der Waals surface area contributed by atoms with E-state index in [0.29, 0.717) is 21.9 Å². The molecule has 186 valence electrons. The van der Waals surface area contributed by atoms with Gasteiger partial charge < -0.3 is 14.7 Å². The van der Waals surface area contributed by atoms with E-state index in [1.165, 1.54) is 36.4 Å². The van der Waals surface area contributed by atoms with Crippen molar-refractivity contribution < 1.29 is 14.6 Å². The Kier molecular flexibility index (Phi) is 6.87. The van der Waals surface area contributed by atoms with E-state index in [0.717, 1.165) is 45.7 Å². The number of fused-ring (bicyclic) bond motifs is 1. The summed E-state index contributed by atoms with van der Waals surface area (Å²) in [6.45, 7) is 11.8. The number of rotatable bonds is 7. The predicted octanol–water partition coefficient (Wildman–Crippen LogP) is 7.44. The zero-order chi connectivity index (χ0) is 25.4. The van der Waals surface area contributed by atoms with Crippen molar-refractivity contribution in [3.05, 3.63) is 87.3 Å². The topological polar surface area (TPSA) is 49.8 Å². The lowest BCUT2D eigenvalue weighted by Gasteiger charge is -2.15. The van der Waals surface area contributed by atoms with Crippen LogP contribution in [-0.4, -0.2) is 35.4 Å². The van der Waals surface area contributed by atoms with Gasteiger partial charge in [0, 0.05) is 28.7 Å². The summed E-state index contributed by atoms with van der Waals surface area (Å²) in [5.41, 5.74) is 5.05. The molecule has 36 heavy (non-hydrogen) atoms. The van der Waals surface area contributed by atoms with Crippen LogP contribution in [0.4, 0.5) is 0 Å². The molecule has 0 radical (unpaired) electrons. The normalized spacial score (nSPS) is 16.1. The minimum absolute atomic E-state index is 0.0443. The molecule has 1 saturated heterocycles. The highest BCUT2D eigenvalue weighted by molar-refractivity contribution is 7.21. The molecule has 1 atom stereocenters. The molecule has 4 nitrogen and oxygen atoms in total. The standard InChI is InChI=1S/C31H33NO3S/c1-19-11-13-32(18-19)14-12-23-5-8-25(9-6-23)35-30-26-10-7-24(33)17-27(26)36-31(30)29(34)28-21(3)15-20(2)16-22(28)4/h5-10,15-17,19,33H,11-14,18H2,1-4H3/t19-/m0/s1. The number of benzene rings is 3. The first-order chi connectivity index (χ1) is 17.3. The number of aryl methyl sites for hydroxylation is 3. The van der Waals surface area contributed by atoms with Crippen molar-refractivity contribution in [3.8, 4) is 17.2 Å². The average Bonchev–Trinajstić information content (AvgIpc) is 3.40. The second kappa shape index (κ2) is 10.1. The van der Waals surface area contributed by atoms with E-state index in [4.69, 9.17) is 4.74 Å². The number of hydrogen-bond donors (Lipinski definition) is 1. The highest BCUT2D eigenvalue weighted by atomic mass is 32.1. The maximum atomic E-state index is 13.8. The van der Waals surface area contributed by atoms with Gasteiger partial charge in [0.25, 0.3) is 0 Å². The third kappa shape index (κ3) is 5.04. The lowest BCUT2D eigenvalue weighted by molar-refractivity contribution is 0.103. The van der Waals surface area contributed by atoms with E-state index in [1.54, 1.807) is 12.1 Å². The van der Waals surface area contributed by atoms with Crippen molar-refractivity contribution in [3.63, 3.8) is 0 Å². The van der Waals surface area contributed by atoms with Crippen LogP contribution in [0.2, 0.25) is 0 Å². The maximum absolute atomic E-state index is 13.8. The number of ketones is 1. The van der Waals surface area contributed by atoms with Gasteiger partial charge in [-0.2, -0.15) is 0 Å². The molecule has 5 rings (SSSR count). The summed E-state index contributed by atoms with van der Waals surface area (Å²) >= 11 is 1.37. The summed E-state index contributed by atoms with van der Waals surface area (Å²) in [6, 6.07) is 17.5. The van der Waals surface area contributed by atoms with Crippen molar-refractivity contribution in [2.45, 2.75) is 40.5 Å². The molecule has 4 aromatic rings. The van der Waals surface area contributed by atoms with Crippen LogP contribution in [0.1, 0.15) is 50.8 Å². The number of phenolic OH excluding ortho intramolecular Hbond substituents is 1. The van der Waals surface area contributed by atoms with E-state index in [-0.39, 0.29) is 11.5 Å². The number of aromatic hydroxyl groups is 1. The van der Waals surface area contributed by atoms with Gasteiger partial charge in [-0.3, -0.25) is 4.79 Å². The summed E-state index contributed by atoms with van der Waals surface area (Å²) in [5.74, 6) is 2.18. The van der Waals surface area contributed by atoms with Crippen molar-refractivity contribution >= 4 is 27.2 Å².